The Morgan fingerprint density at radius 3 is 2.50 bits per heavy atom. The Morgan fingerprint density at radius 1 is 1.04 bits per heavy atom. The largest absolute Gasteiger partial charge is 0.385 e. The number of aromatic nitrogens is 3. The fraction of sp³-hybridized carbons (Fsp3) is 0.333. The number of rotatable bonds is 5. The van der Waals surface area contributed by atoms with Gasteiger partial charge in [-0.1, -0.05) is 36.4 Å². The molecule has 0 spiro atoms. The zero-order valence-corrected chi connectivity index (χ0v) is 14.7. The molecule has 1 fully saturated rings. The molecule has 0 saturated heterocycles. The molecule has 1 atom stereocenters. The van der Waals surface area contributed by atoms with Crippen LogP contribution in [-0.4, -0.2) is 26.1 Å². The van der Waals surface area contributed by atoms with E-state index in [4.69, 9.17) is 0 Å². The highest BCUT2D eigenvalue weighted by atomic mass is 16.3. The van der Waals surface area contributed by atoms with Crippen molar-refractivity contribution >= 4 is 0 Å². The van der Waals surface area contributed by atoms with Gasteiger partial charge in [0, 0.05) is 30.2 Å². The van der Waals surface area contributed by atoms with Crippen molar-refractivity contribution in [1.82, 2.24) is 20.3 Å². The van der Waals surface area contributed by atoms with E-state index in [1.54, 1.807) is 18.7 Å². The fourth-order valence-electron chi connectivity index (χ4n) is 3.86. The maximum absolute atomic E-state index is 11.0. The Bertz CT molecular complexity index is 797. The van der Waals surface area contributed by atoms with E-state index in [0.29, 0.717) is 6.04 Å². The molecule has 5 nitrogen and oxygen atoms in total. The molecule has 3 N–H and O–H groups in total. The first-order valence-corrected chi connectivity index (χ1v) is 9.17. The van der Waals surface area contributed by atoms with Crippen LogP contribution in [0, 0.1) is 0 Å². The number of pyridine rings is 1. The minimum Gasteiger partial charge on any atom is -0.385 e. The van der Waals surface area contributed by atoms with Crippen molar-refractivity contribution in [2.24, 2.45) is 0 Å². The second-order valence-electron chi connectivity index (χ2n) is 7.06. The van der Waals surface area contributed by atoms with Crippen LogP contribution in [0.3, 0.4) is 0 Å². The summed E-state index contributed by atoms with van der Waals surface area (Å²) in [5.41, 5.74) is 2.43. The van der Waals surface area contributed by atoms with Crippen LogP contribution in [0.25, 0.3) is 0 Å². The third-order valence-electron chi connectivity index (χ3n) is 5.38. The van der Waals surface area contributed by atoms with Crippen LogP contribution in [0.4, 0.5) is 0 Å². The SMILES string of the molecule is OC1(c2cccnc2)CCC(NC(c2ccccc2)c2cnc[nH]2)CC1. The van der Waals surface area contributed by atoms with E-state index in [1.165, 1.54) is 5.56 Å². The van der Waals surface area contributed by atoms with E-state index < -0.39 is 5.60 Å². The van der Waals surface area contributed by atoms with Gasteiger partial charge in [0.2, 0.25) is 0 Å². The molecule has 2 aromatic heterocycles. The summed E-state index contributed by atoms with van der Waals surface area (Å²) in [6.45, 7) is 0. The summed E-state index contributed by atoms with van der Waals surface area (Å²) in [5.74, 6) is 0. The fourth-order valence-corrected chi connectivity index (χ4v) is 3.86. The van der Waals surface area contributed by atoms with Gasteiger partial charge < -0.3 is 15.4 Å². The zero-order chi connectivity index (χ0) is 17.8. The van der Waals surface area contributed by atoms with Crippen LogP contribution < -0.4 is 5.32 Å². The number of imidazole rings is 1. The van der Waals surface area contributed by atoms with E-state index in [0.717, 1.165) is 36.9 Å². The van der Waals surface area contributed by atoms with Crippen molar-refractivity contribution in [2.75, 3.05) is 0 Å². The van der Waals surface area contributed by atoms with Crippen molar-refractivity contribution in [1.29, 1.82) is 0 Å². The van der Waals surface area contributed by atoms with Crippen LogP contribution in [0.2, 0.25) is 0 Å². The highest BCUT2D eigenvalue weighted by molar-refractivity contribution is 5.27. The van der Waals surface area contributed by atoms with Gasteiger partial charge >= 0.3 is 0 Å². The highest BCUT2D eigenvalue weighted by Gasteiger charge is 2.35. The van der Waals surface area contributed by atoms with Gasteiger partial charge in [-0.2, -0.15) is 0 Å². The predicted octanol–water partition coefficient (Wildman–Crippen LogP) is 3.31. The lowest BCUT2D eigenvalue weighted by Crippen LogP contribution is -2.41. The lowest BCUT2D eigenvalue weighted by atomic mass is 9.78. The van der Waals surface area contributed by atoms with E-state index in [2.05, 4.69) is 44.5 Å². The third kappa shape index (κ3) is 3.54. The van der Waals surface area contributed by atoms with E-state index in [1.807, 2.05) is 24.4 Å². The van der Waals surface area contributed by atoms with Gasteiger partial charge in [0.05, 0.1) is 23.7 Å². The first kappa shape index (κ1) is 16.9. The van der Waals surface area contributed by atoms with Gasteiger partial charge in [0.25, 0.3) is 0 Å². The second kappa shape index (κ2) is 7.40. The maximum atomic E-state index is 11.0. The highest BCUT2D eigenvalue weighted by Crippen LogP contribution is 2.37. The number of aromatic amines is 1. The number of benzene rings is 1. The van der Waals surface area contributed by atoms with E-state index in [9.17, 15) is 5.11 Å². The predicted molar refractivity (Wildman–Crippen MR) is 100 cm³/mol. The van der Waals surface area contributed by atoms with Gasteiger partial charge in [0.15, 0.2) is 0 Å². The Labute approximate surface area is 153 Å². The Hall–Kier alpha value is -2.50. The number of H-pyrrole nitrogens is 1. The summed E-state index contributed by atoms with van der Waals surface area (Å²) < 4.78 is 0. The normalized spacial score (nSPS) is 24.3. The van der Waals surface area contributed by atoms with Crippen molar-refractivity contribution in [3.05, 3.63) is 84.2 Å². The van der Waals surface area contributed by atoms with E-state index in [-0.39, 0.29) is 6.04 Å². The van der Waals surface area contributed by atoms with Crippen LogP contribution >= 0.6 is 0 Å². The minimum absolute atomic E-state index is 0.0771. The van der Waals surface area contributed by atoms with Crippen LogP contribution in [0.15, 0.2) is 67.4 Å². The molecular weight excluding hydrogens is 324 g/mol. The van der Waals surface area contributed by atoms with Crippen LogP contribution in [-0.2, 0) is 5.60 Å². The number of nitrogens with zero attached hydrogens (tertiary/aromatic N) is 2. The maximum Gasteiger partial charge on any atom is 0.0922 e. The van der Waals surface area contributed by atoms with Crippen molar-refractivity contribution in [3.63, 3.8) is 0 Å². The summed E-state index contributed by atoms with van der Waals surface area (Å²) in [6.07, 6.45) is 10.4. The lowest BCUT2D eigenvalue weighted by molar-refractivity contribution is -0.00931. The standard InChI is InChI=1S/C21H24N4O/c26-21(17-7-4-12-22-13-17)10-8-18(9-11-21)25-20(19-14-23-15-24-19)16-5-2-1-3-6-16/h1-7,12-15,18,20,25-26H,8-11H2,(H,23,24). The topological polar surface area (TPSA) is 73.8 Å². The van der Waals surface area contributed by atoms with Crippen molar-refractivity contribution in [2.45, 2.75) is 43.4 Å². The smallest absolute Gasteiger partial charge is 0.0922 e. The molecule has 0 bridgehead atoms. The molecule has 5 heteroatoms. The molecule has 134 valence electrons. The number of hydrogen-bond acceptors (Lipinski definition) is 4. The molecular formula is C21H24N4O. The Morgan fingerprint density at radius 2 is 1.85 bits per heavy atom. The number of aliphatic hydroxyl groups is 1. The van der Waals surface area contributed by atoms with Crippen molar-refractivity contribution in [3.8, 4) is 0 Å². The molecule has 2 heterocycles. The molecule has 26 heavy (non-hydrogen) atoms. The van der Waals surface area contributed by atoms with Crippen molar-refractivity contribution < 1.29 is 5.11 Å². The third-order valence-corrected chi connectivity index (χ3v) is 5.38. The van der Waals surface area contributed by atoms with Gasteiger partial charge in [-0.05, 0) is 37.3 Å². The molecule has 1 unspecified atom stereocenters. The Kier molecular flexibility index (Phi) is 4.82. The van der Waals surface area contributed by atoms with Gasteiger partial charge in [-0.3, -0.25) is 4.98 Å². The molecule has 0 aliphatic heterocycles. The summed E-state index contributed by atoms with van der Waals surface area (Å²) in [5, 5.41) is 14.8. The quantitative estimate of drug-likeness (QED) is 0.661. The van der Waals surface area contributed by atoms with Crippen LogP contribution in [0.5, 0.6) is 0 Å². The average Bonchev–Trinajstić information content (AvgIpc) is 3.23. The molecule has 4 rings (SSSR count). The molecule has 0 amide bonds. The van der Waals surface area contributed by atoms with Gasteiger partial charge in [-0.25, -0.2) is 4.98 Å². The van der Waals surface area contributed by atoms with E-state index >= 15 is 0 Å². The first-order chi connectivity index (χ1) is 12.7. The molecule has 1 saturated carbocycles. The lowest BCUT2D eigenvalue weighted by Gasteiger charge is -2.38. The van der Waals surface area contributed by atoms with Gasteiger partial charge in [-0.15, -0.1) is 0 Å². The number of hydrogen-bond donors (Lipinski definition) is 3. The summed E-state index contributed by atoms with van der Waals surface area (Å²) in [7, 11) is 0. The molecule has 3 aromatic rings. The monoisotopic (exact) mass is 348 g/mol. The molecule has 1 aliphatic rings. The zero-order valence-electron chi connectivity index (χ0n) is 14.7. The summed E-state index contributed by atoms with van der Waals surface area (Å²) in [6, 6.07) is 14.7. The molecule has 1 aliphatic carbocycles. The number of nitrogens with one attached hydrogen (secondary N) is 2. The summed E-state index contributed by atoms with van der Waals surface area (Å²) in [4.78, 5) is 11.6. The van der Waals surface area contributed by atoms with Gasteiger partial charge in [0.1, 0.15) is 0 Å². The second-order valence-corrected chi connectivity index (χ2v) is 7.06. The minimum atomic E-state index is -0.761. The molecule has 1 aromatic carbocycles. The first-order valence-electron chi connectivity index (χ1n) is 9.17. The Balaban J connectivity index is 1.47. The summed E-state index contributed by atoms with van der Waals surface area (Å²) >= 11 is 0. The van der Waals surface area contributed by atoms with Crippen LogP contribution in [0.1, 0.15) is 48.5 Å². The molecule has 0 radical (unpaired) electrons. The average molecular weight is 348 g/mol.